The maximum absolute atomic E-state index is 13.4. The number of likely N-dealkylation sites (tertiary alicyclic amines) is 1. The minimum atomic E-state index is 0.0476. The number of carbonyl (C=O) groups excluding carboxylic acids is 1. The van der Waals surface area contributed by atoms with Crippen molar-refractivity contribution >= 4 is 5.91 Å². The highest BCUT2D eigenvalue weighted by Gasteiger charge is 2.55. The lowest BCUT2D eigenvalue weighted by Crippen LogP contribution is -2.55. The first-order valence-electron chi connectivity index (χ1n) is 9.95. The number of imidazole rings is 1. The van der Waals surface area contributed by atoms with Gasteiger partial charge in [0.15, 0.2) is 0 Å². The molecule has 0 unspecified atom stereocenters. The number of aromatic nitrogens is 2. The summed E-state index contributed by atoms with van der Waals surface area (Å²) in [5.41, 5.74) is 0.0476. The SMILES string of the molecule is O=C(N1CCC(Cn2ccnc2)CC1)C12CC3CC(CC(C3)C1)C2. The van der Waals surface area contributed by atoms with Crippen LogP contribution in [0, 0.1) is 29.1 Å². The van der Waals surface area contributed by atoms with Crippen molar-refractivity contribution in [2.24, 2.45) is 29.1 Å². The molecule has 4 heteroatoms. The van der Waals surface area contributed by atoms with Gasteiger partial charge in [0.05, 0.1) is 11.7 Å². The molecule has 1 aromatic heterocycles. The number of carbonyl (C=O) groups is 1. The number of amides is 1. The molecule has 1 saturated heterocycles. The number of rotatable bonds is 3. The van der Waals surface area contributed by atoms with Gasteiger partial charge in [0.1, 0.15) is 0 Å². The lowest BCUT2D eigenvalue weighted by molar-refractivity contribution is -0.159. The Morgan fingerprint density at radius 3 is 2.21 bits per heavy atom. The van der Waals surface area contributed by atoms with Crippen molar-refractivity contribution in [2.45, 2.75) is 57.9 Å². The van der Waals surface area contributed by atoms with Crippen molar-refractivity contribution in [3.8, 4) is 0 Å². The summed E-state index contributed by atoms with van der Waals surface area (Å²) in [6, 6.07) is 0. The van der Waals surface area contributed by atoms with Crippen LogP contribution in [0.4, 0.5) is 0 Å². The Labute approximate surface area is 144 Å². The molecular weight excluding hydrogens is 298 g/mol. The fraction of sp³-hybridized carbons (Fsp3) is 0.800. The molecule has 1 aromatic rings. The predicted octanol–water partition coefficient (Wildman–Crippen LogP) is 3.34. The van der Waals surface area contributed by atoms with Gasteiger partial charge in [0, 0.05) is 32.0 Å². The molecule has 4 saturated carbocycles. The van der Waals surface area contributed by atoms with Crippen molar-refractivity contribution in [2.75, 3.05) is 13.1 Å². The van der Waals surface area contributed by atoms with Crippen LogP contribution in [0.15, 0.2) is 18.7 Å². The van der Waals surface area contributed by atoms with E-state index in [9.17, 15) is 4.79 Å². The molecule has 0 atom stereocenters. The zero-order valence-electron chi connectivity index (χ0n) is 14.6. The zero-order valence-corrected chi connectivity index (χ0v) is 14.6. The van der Waals surface area contributed by atoms with Crippen LogP contribution in [0.3, 0.4) is 0 Å². The fourth-order valence-corrected chi connectivity index (χ4v) is 6.72. The molecule has 0 spiro atoms. The van der Waals surface area contributed by atoms with Crippen molar-refractivity contribution in [1.82, 2.24) is 14.5 Å². The highest BCUT2D eigenvalue weighted by molar-refractivity contribution is 5.83. The third kappa shape index (κ3) is 2.49. The van der Waals surface area contributed by atoms with Crippen LogP contribution in [0.25, 0.3) is 0 Å². The number of hydrogen-bond donors (Lipinski definition) is 0. The van der Waals surface area contributed by atoms with E-state index in [1.54, 1.807) is 0 Å². The van der Waals surface area contributed by atoms with Crippen LogP contribution in [0.5, 0.6) is 0 Å². The van der Waals surface area contributed by atoms with Crippen molar-refractivity contribution in [1.29, 1.82) is 0 Å². The van der Waals surface area contributed by atoms with Crippen LogP contribution in [-0.2, 0) is 11.3 Å². The van der Waals surface area contributed by atoms with Gasteiger partial charge in [-0.3, -0.25) is 4.79 Å². The minimum Gasteiger partial charge on any atom is -0.342 e. The van der Waals surface area contributed by atoms with E-state index in [0.717, 1.165) is 50.2 Å². The van der Waals surface area contributed by atoms with Crippen LogP contribution >= 0.6 is 0 Å². The van der Waals surface area contributed by atoms with Gasteiger partial charge < -0.3 is 9.47 Å². The summed E-state index contributed by atoms with van der Waals surface area (Å²) in [6.45, 7) is 3.00. The fourth-order valence-electron chi connectivity index (χ4n) is 6.72. The Balaban J connectivity index is 1.23. The molecule has 1 aliphatic heterocycles. The molecule has 0 radical (unpaired) electrons. The highest BCUT2D eigenvalue weighted by Crippen LogP contribution is 2.60. The largest absolute Gasteiger partial charge is 0.342 e. The van der Waals surface area contributed by atoms with Crippen LogP contribution in [0.2, 0.25) is 0 Å². The van der Waals surface area contributed by atoms with E-state index in [2.05, 4.69) is 14.5 Å². The Bertz CT molecular complexity index is 565. The number of piperidine rings is 1. The molecule has 5 aliphatic rings. The molecule has 4 aliphatic carbocycles. The van der Waals surface area contributed by atoms with E-state index in [-0.39, 0.29) is 5.41 Å². The first-order valence-corrected chi connectivity index (χ1v) is 9.95. The predicted molar refractivity (Wildman–Crippen MR) is 92.1 cm³/mol. The quantitative estimate of drug-likeness (QED) is 0.854. The van der Waals surface area contributed by atoms with Crippen molar-refractivity contribution in [3.63, 3.8) is 0 Å². The minimum absolute atomic E-state index is 0.0476. The van der Waals surface area contributed by atoms with Gasteiger partial charge in [-0.1, -0.05) is 0 Å². The summed E-state index contributed by atoms with van der Waals surface area (Å²) in [5.74, 6) is 3.80. The first-order chi connectivity index (χ1) is 11.7. The lowest BCUT2D eigenvalue weighted by Gasteiger charge is -2.57. The molecule has 4 bridgehead atoms. The second kappa shape index (κ2) is 5.60. The van der Waals surface area contributed by atoms with E-state index in [4.69, 9.17) is 0 Å². The molecule has 130 valence electrons. The third-order valence-corrected chi connectivity index (χ3v) is 7.42. The Kier molecular flexibility index (Phi) is 3.50. The molecule has 6 rings (SSSR count). The Hall–Kier alpha value is -1.32. The van der Waals surface area contributed by atoms with E-state index in [1.165, 1.54) is 38.5 Å². The summed E-state index contributed by atoms with van der Waals surface area (Å²) >= 11 is 0. The zero-order chi connectivity index (χ0) is 16.1. The second-order valence-corrected chi connectivity index (χ2v) is 9.19. The van der Waals surface area contributed by atoms with E-state index < -0.39 is 0 Å². The van der Waals surface area contributed by atoms with Gasteiger partial charge in [-0.05, 0) is 75.0 Å². The highest BCUT2D eigenvalue weighted by atomic mass is 16.2. The normalized spacial score (nSPS) is 38.7. The molecular formula is C20H29N3O. The van der Waals surface area contributed by atoms with Crippen molar-refractivity contribution < 1.29 is 4.79 Å². The van der Waals surface area contributed by atoms with Crippen LogP contribution < -0.4 is 0 Å². The van der Waals surface area contributed by atoms with Gasteiger partial charge in [-0.25, -0.2) is 4.98 Å². The summed E-state index contributed by atoms with van der Waals surface area (Å²) in [7, 11) is 0. The van der Waals surface area contributed by atoms with Crippen LogP contribution in [0.1, 0.15) is 51.4 Å². The third-order valence-electron chi connectivity index (χ3n) is 7.42. The second-order valence-electron chi connectivity index (χ2n) is 9.19. The van der Waals surface area contributed by atoms with Gasteiger partial charge in [-0.2, -0.15) is 0 Å². The monoisotopic (exact) mass is 327 g/mol. The van der Waals surface area contributed by atoms with Gasteiger partial charge in [0.2, 0.25) is 5.91 Å². The van der Waals surface area contributed by atoms with Gasteiger partial charge >= 0.3 is 0 Å². The molecule has 5 fully saturated rings. The molecule has 2 heterocycles. The Morgan fingerprint density at radius 2 is 1.67 bits per heavy atom. The number of nitrogens with zero attached hydrogens (tertiary/aromatic N) is 3. The molecule has 0 N–H and O–H groups in total. The molecule has 4 nitrogen and oxygen atoms in total. The molecule has 24 heavy (non-hydrogen) atoms. The maximum Gasteiger partial charge on any atom is 0.228 e. The number of hydrogen-bond acceptors (Lipinski definition) is 2. The topological polar surface area (TPSA) is 38.1 Å². The standard InChI is InChI=1S/C20H29N3O/c24-19(20-10-16-7-17(11-20)9-18(8-16)12-20)23-4-1-15(2-5-23)13-22-6-3-21-14-22/h3,6,14-18H,1-2,4-5,7-13H2. The summed E-state index contributed by atoms with van der Waals surface area (Å²) in [6.07, 6.45) is 16.0. The average molecular weight is 327 g/mol. The lowest BCUT2D eigenvalue weighted by atomic mass is 9.49. The van der Waals surface area contributed by atoms with Crippen molar-refractivity contribution in [3.05, 3.63) is 18.7 Å². The summed E-state index contributed by atoms with van der Waals surface area (Å²) in [4.78, 5) is 19.8. The molecule has 0 aromatic carbocycles. The maximum atomic E-state index is 13.4. The summed E-state index contributed by atoms with van der Waals surface area (Å²) in [5, 5.41) is 0. The van der Waals surface area contributed by atoms with Gasteiger partial charge in [0.25, 0.3) is 0 Å². The molecule has 1 amide bonds. The Morgan fingerprint density at radius 1 is 1.04 bits per heavy atom. The summed E-state index contributed by atoms with van der Waals surface area (Å²) < 4.78 is 2.18. The van der Waals surface area contributed by atoms with Crippen LogP contribution in [-0.4, -0.2) is 33.4 Å². The smallest absolute Gasteiger partial charge is 0.228 e. The van der Waals surface area contributed by atoms with E-state index in [0.29, 0.717) is 11.8 Å². The van der Waals surface area contributed by atoms with Gasteiger partial charge in [-0.15, -0.1) is 0 Å². The van der Waals surface area contributed by atoms with E-state index in [1.807, 2.05) is 18.7 Å². The first kappa shape index (κ1) is 15.0. The average Bonchev–Trinajstić information content (AvgIpc) is 3.07. The van der Waals surface area contributed by atoms with E-state index >= 15 is 0 Å².